The van der Waals surface area contributed by atoms with Crippen molar-refractivity contribution >= 4 is 5.96 Å². The predicted octanol–water partition coefficient (Wildman–Crippen LogP) is 3.00. The molecule has 1 N–H and O–H groups in total. The van der Waals surface area contributed by atoms with Gasteiger partial charge in [-0.1, -0.05) is 6.07 Å². The second-order valence-corrected chi connectivity index (χ2v) is 5.64. The van der Waals surface area contributed by atoms with Crippen molar-refractivity contribution in [3.8, 4) is 5.75 Å². The largest absolute Gasteiger partial charge is 0.434 e. The Kier molecular flexibility index (Phi) is 7.36. The lowest BCUT2D eigenvalue weighted by atomic mass is 10.1. The molecule has 0 bridgehead atoms. The minimum absolute atomic E-state index is 0.00673. The standard InChI is InChI=1S/C17H24F3N3O2/c1-3-24-12-7-9-23(10-8-12)17(21-2)22-11-13-14(18)5-4-6-15(13)25-16(19)20/h4-6,12,16H,3,7-11H2,1-2H3,(H,21,22). The first-order valence-corrected chi connectivity index (χ1v) is 8.34. The van der Waals surface area contributed by atoms with E-state index in [9.17, 15) is 13.2 Å². The van der Waals surface area contributed by atoms with Gasteiger partial charge >= 0.3 is 6.61 Å². The van der Waals surface area contributed by atoms with Gasteiger partial charge in [-0.15, -0.1) is 0 Å². The van der Waals surface area contributed by atoms with Gasteiger partial charge in [0.15, 0.2) is 5.96 Å². The van der Waals surface area contributed by atoms with Gasteiger partial charge in [-0.3, -0.25) is 4.99 Å². The minimum atomic E-state index is -3.00. The number of halogens is 3. The van der Waals surface area contributed by atoms with Crippen molar-refractivity contribution in [2.75, 3.05) is 26.7 Å². The number of benzene rings is 1. The van der Waals surface area contributed by atoms with Crippen molar-refractivity contribution < 1.29 is 22.6 Å². The van der Waals surface area contributed by atoms with Gasteiger partial charge in [0.2, 0.25) is 0 Å². The number of piperidine rings is 1. The SMILES string of the molecule is CCOC1CCN(C(=NC)NCc2c(F)cccc2OC(F)F)CC1. The molecule has 0 radical (unpaired) electrons. The summed E-state index contributed by atoms with van der Waals surface area (Å²) in [4.78, 5) is 6.24. The molecule has 2 rings (SSSR count). The van der Waals surface area contributed by atoms with Crippen LogP contribution in [0.5, 0.6) is 5.75 Å². The molecule has 0 aromatic heterocycles. The van der Waals surface area contributed by atoms with Gasteiger partial charge in [0.05, 0.1) is 6.10 Å². The van der Waals surface area contributed by atoms with Gasteiger partial charge in [0.1, 0.15) is 11.6 Å². The molecule has 1 aromatic carbocycles. The van der Waals surface area contributed by atoms with Crippen LogP contribution in [0.25, 0.3) is 0 Å². The van der Waals surface area contributed by atoms with Crippen molar-refractivity contribution in [2.45, 2.75) is 39.0 Å². The quantitative estimate of drug-likeness (QED) is 0.627. The molecule has 1 fully saturated rings. The van der Waals surface area contributed by atoms with Crippen molar-refractivity contribution in [3.63, 3.8) is 0 Å². The molecule has 8 heteroatoms. The number of rotatable bonds is 6. The summed E-state index contributed by atoms with van der Waals surface area (Å²) in [6, 6.07) is 3.87. The lowest BCUT2D eigenvalue weighted by molar-refractivity contribution is -0.0506. The summed E-state index contributed by atoms with van der Waals surface area (Å²) in [5.74, 6) is -0.176. The Balaban J connectivity index is 1.98. The predicted molar refractivity (Wildman–Crippen MR) is 89.5 cm³/mol. The summed E-state index contributed by atoms with van der Waals surface area (Å²) in [5, 5.41) is 3.03. The van der Waals surface area contributed by atoms with E-state index in [0.717, 1.165) is 25.9 Å². The van der Waals surface area contributed by atoms with E-state index < -0.39 is 12.4 Å². The maximum absolute atomic E-state index is 14.0. The number of hydrogen-bond donors (Lipinski definition) is 1. The van der Waals surface area contributed by atoms with E-state index in [4.69, 9.17) is 4.74 Å². The second-order valence-electron chi connectivity index (χ2n) is 5.64. The molecule has 1 aliphatic heterocycles. The Morgan fingerprint density at radius 1 is 1.36 bits per heavy atom. The zero-order chi connectivity index (χ0) is 18.2. The van der Waals surface area contributed by atoms with Crippen LogP contribution in [0.3, 0.4) is 0 Å². The highest BCUT2D eigenvalue weighted by molar-refractivity contribution is 5.80. The fourth-order valence-electron chi connectivity index (χ4n) is 2.89. The van der Waals surface area contributed by atoms with E-state index in [1.54, 1.807) is 7.05 Å². The van der Waals surface area contributed by atoms with Crippen LogP contribution in [0.2, 0.25) is 0 Å². The van der Waals surface area contributed by atoms with Gasteiger partial charge in [0.25, 0.3) is 0 Å². The molecular weight excluding hydrogens is 335 g/mol. The number of nitrogens with one attached hydrogen (secondary N) is 1. The van der Waals surface area contributed by atoms with Crippen LogP contribution in [0.1, 0.15) is 25.3 Å². The van der Waals surface area contributed by atoms with Crippen LogP contribution < -0.4 is 10.1 Å². The van der Waals surface area contributed by atoms with Crippen LogP contribution >= 0.6 is 0 Å². The van der Waals surface area contributed by atoms with Gasteiger partial charge in [-0.05, 0) is 31.9 Å². The molecule has 1 aromatic rings. The minimum Gasteiger partial charge on any atom is -0.434 e. The Morgan fingerprint density at radius 2 is 2.08 bits per heavy atom. The number of nitrogens with zero attached hydrogens (tertiary/aromatic N) is 2. The topological polar surface area (TPSA) is 46.1 Å². The van der Waals surface area contributed by atoms with Crippen molar-refractivity contribution in [1.29, 1.82) is 0 Å². The molecule has 1 saturated heterocycles. The summed E-state index contributed by atoms with van der Waals surface area (Å²) >= 11 is 0. The molecule has 0 unspecified atom stereocenters. The molecule has 1 heterocycles. The fourth-order valence-corrected chi connectivity index (χ4v) is 2.89. The van der Waals surface area contributed by atoms with Crippen LogP contribution in [-0.4, -0.2) is 50.3 Å². The molecule has 0 amide bonds. The van der Waals surface area contributed by atoms with Gasteiger partial charge < -0.3 is 19.7 Å². The average Bonchev–Trinajstić information content (AvgIpc) is 2.58. The zero-order valence-electron chi connectivity index (χ0n) is 14.5. The molecule has 140 valence electrons. The third-order valence-electron chi connectivity index (χ3n) is 4.07. The number of alkyl halides is 2. The fraction of sp³-hybridized carbons (Fsp3) is 0.588. The highest BCUT2D eigenvalue weighted by Crippen LogP contribution is 2.23. The van der Waals surface area contributed by atoms with Crippen LogP contribution in [-0.2, 0) is 11.3 Å². The first kappa shape index (κ1) is 19.4. The van der Waals surface area contributed by atoms with Gasteiger partial charge in [0, 0.05) is 38.9 Å². The number of ether oxygens (including phenoxy) is 2. The van der Waals surface area contributed by atoms with E-state index >= 15 is 0 Å². The first-order valence-electron chi connectivity index (χ1n) is 8.34. The Labute approximate surface area is 145 Å². The van der Waals surface area contributed by atoms with Crippen LogP contribution in [0.15, 0.2) is 23.2 Å². The zero-order valence-corrected chi connectivity index (χ0v) is 14.5. The number of aliphatic imine (C=N–C) groups is 1. The second kappa shape index (κ2) is 9.50. The maximum atomic E-state index is 14.0. The highest BCUT2D eigenvalue weighted by Gasteiger charge is 2.22. The highest BCUT2D eigenvalue weighted by atomic mass is 19.3. The van der Waals surface area contributed by atoms with E-state index in [1.165, 1.54) is 18.2 Å². The summed E-state index contributed by atoms with van der Waals surface area (Å²) in [6.07, 6.45) is 2.01. The average molecular weight is 359 g/mol. The Hall–Kier alpha value is -1.96. The van der Waals surface area contributed by atoms with Crippen molar-refractivity contribution in [1.82, 2.24) is 10.2 Å². The first-order chi connectivity index (χ1) is 12.0. The van der Waals surface area contributed by atoms with Gasteiger partial charge in [-0.25, -0.2) is 4.39 Å². The van der Waals surface area contributed by atoms with E-state index in [-0.39, 0.29) is 24.0 Å². The molecule has 0 atom stereocenters. The van der Waals surface area contributed by atoms with Crippen molar-refractivity contribution in [3.05, 3.63) is 29.6 Å². The molecule has 0 saturated carbocycles. The van der Waals surface area contributed by atoms with E-state index in [2.05, 4.69) is 15.0 Å². The molecule has 0 spiro atoms. The smallest absolute Gasteiger partial charge is 0.387 e. The molecule has 25 heavy (non-hydrogen) atoms. The molecule has 0 aliphatic carbocycles. The maximum Gasteiger partial charge on any atom is 0.387 e. The third kappa shape index (κ3) is 5.52. The van der Waals surface area contributed by atoms with Crippen LogP contribution in [0.4, 0.5) is 13.2 Å². The summed E-state index contributed by atoms with van der Waals surface area (Å²) in [5.41, 5.74) is 0.0492. The van der Waals surface area contributed by atoms with Crippen molar-refractivity contribution in [2.24, 2.45) is 4.99 Å². The summed E-state index contributed by atoms with van der Waals surface area (Å²) in [6.45, 7) is 1.20. The van der Waals surface area contributed by atoms with E-state index in [0.29, 0.717) is 12.6 Å². The molecule has 5 nitrogen and oxygen atoms in total. The van der Waals surface area contributed by atoms with Gasteiger partial charge in [-0.2, -0.15) is 8.78 Å². The monoisotopic (exact) mass is 359 g/mol. The van der Waals surface area contributed by atoms with E-state index in [1.807, 2.05) is 11.8 Å². The summed E-state index contributed by atoms with van der Waals surface area (Å²) in [7, 11) is 1.63. The van der Waals surface area contributed by atoms with Crippen LogP contribution in [0, 0.1) is 5.82 Å². The normalized spacial score (nSPS) is 16.4. The lowest BCUT2D eigenvalue weighted by Gasteiger charge is -2.34. The number of hydrogen-bond acceptors (Lipinski definition) is 3. The number of guanidine groups is 1. The lowest BCUT2D eigenvalue weighted by Crippen LogP contribution is -2.46. The number of likely N-dealkylation sites (tertiary alicyclic amines) is 1. The Morgan fingerprint density at radius 3 is 2.68 bits per heavy atom. The summed E-state index contributed by atoms with van der Waals surface area (Å²) < 4.78 is 49.0. The molecule has 1 aliphatic rings. The third-order valence-corrected chi connectivity index (χ3v) is 4.07. The Bertz CT molecular complexity index is 576. The molecular formula is C17H24F3N3O2.